The second-order valence-electron chi connectivity index (χ2n) is 8.35. The summed E-state index contributed by atoms with van der Waals surface area (Å²) in [5, 5.41) is 4.00. The molecule has 3 aromatic carbocycles. The lowest BCUT2D eigenvalue weighted by atomic mass is 10.0. The van der Waals surface area contributed by atoms with Crippen LogP contribution in [0.5, 0.6) is 0 Å². The Balaban J connectivity index is 1.96. The van der Waals surface area contributed by atoms with E-state index in [9.17, 15) is 9.59 Å². The molecule has 0 saturated heterocycles. The van der Waals surface area contributed by atoms with E-state index in [4.69, 9.17) is 23.2 Å². The van der Waals surface area contributed by atoms with E-state index in [1.165, 1.54) is 11.8 Å². The van der Waals surface area contributed by atoms with Gasteiger partial charge in [0.25, 0.3) is 0 Å². The van der Waals surface area contributed by atoms with Gasteiger partial charge in [0.2, 0.25) is 11.8 Å². The summed E-state index contributed by atoms with van der Waals surface area (Å²) in [4.78, 5) is 29.8. The zero-order valence-corrected chi connectivity index (χ0v) is 22.2. The summed E-state index contributed by atoms with van der Waals surface area (Å²) >= 11 is 14.4. The van der Waals surface area contributed by atoms with Gasteiger partial charge in [0.05, 0.1) is 5.75 Å². The summed E-state index contributed by atoms with van der Waals surface area (Å²) in [5.74, 6) is -0.159. The summed E-state index contributed by atoms with van der Waals surface area (Å²) in [6.45, 7) is 4.11. The zero-order chi connectivity index (χ0) is 25.2. The van der Waals surface area contributed by atoms with Crippen LogP contribution in [0.4, 0.5) is 0 Å². The van der Waals surface area contributed by atoms with Crippen LogP contribution >= 0.6 is 35.0 Å². The van der Waals surface area contributed by atoms with Crippen molar-refractivity contribution in [1.29, 1.82) is 0 Å². The van der Waals surface area contributed by atoms with Gasteiger partial charge in [-0.1, -0.05) is 84.7 Å². The predicted octanol–water partition coefficient (Wildman–Crippen LogP) is 6.64. The Bertz CT molecular complexity index is 1090. The fourth-order valence-corrected chi connectivity index (χ4v) is 4.92. The van der Waals surface area contributed by atoms with Gasteiger partial charge in [-0.05, 0) is 43.2 Å². The number of nitrogens with zero attached hydrogens (tertiary/aromatic N) is 1. The molecule has 0 radical (unpaired) electrons. The molecule has 0 fully saturated rings. The van der Waals surface area contributed by atoms with Crippen molar-refractivity contribution in [2.75, 3.05) is 5.75 Å². The highest BCUT2D eigenvalue weighted by atomic mass is 35.5. The molecule has 0 heterocycles. The van der Waals surface area contributed by atoms with Gasteiger partial charge in [-0.25, -0.2) is 0 Å². The van der Waals surface area contributed by atoms with E-state index in [1.807, 2.05) is 74.5 Å². The molecule has 1 N–H and O–H groups in total. The van der Waals surface area contributed by atoms with Crippen molar-refractivity contribution in [2.24, 2.45) is 0 Å². The number of benzene rings is 3. The smallest absolute Gasteiger partial charge is 0.243 e. The molecule has 0 unspecified atom stereocenters. The van der Waals surface area contributed by atoms with Crippen LogP contribution in [0.1, 0.15) is 31.4 Å². The number of rotatable bonds is 11. The second kappa shape index (κ2) is 13.6. The molecule has 0 aliphatic carbocycles. The summed E-state index contributed by atoms with van der Waals surface area (Å²) in [6.07, 6.45) is 1.17. The minimum atomic E-state index is -0.720. The minimum absolute atomic E-state index is 0.0136. The van der Waals surface area contributed by atoms with Gasteiger partial charge >= 0.3 is 0 Å². The lowest BCUT2D eigenvalue weighted by Crippen LogP contribution is -2.52. The first-order chi connectivity index (χ1) is 16.9. The first kappa shape index (κ1) is 27.1. The molecule has 0 aliphatic heterocycles. The van der Waals surface area contributed by atoms with Crippen LogP contribution in [0.15, 0.2) is 83.8 Å². The van der Waals surface area contributed by atoms with E-state index >= 15 is 0 Å². The Labute approximate surface area is 222 Å². The molecule has 184 valence electrons. The van der Waals surface area contributed by atoms with Gasteiger partial charge < -0.3 is 10.2 Å². The fourth-order valence-electron chi connectivity index (χ4n) is 3.59. The predicted molar refractivity (Wildman–Crippen MR) is 146 cm³/mol. The van der Waals surface area contributed by atoms with Crippen LogP contribution in [0.25, 0.3) is 0 Å². The number of halogens is 2. The van der Waals surface area contributed by atoms with Gasteiger partial charge in [0.1, 0.15) is 6.04 Å². The molecular formula is C28H30Cl2N2O2S. The molecule has 0 aromatic heterocycles. The van der Waals surface area contributed by atoms with Crippen molar-refractivity contribution in [3.05, 3.63) is 100 Å². The Morgan fingerprint density at radius 2 is 1.51 bits per heavy atom. The lowest BCUT2D eigenvalue weighted by Gasteiger charge is -2.32. The summed E-state index contributed by atoms with van der Waals surface area (Å²) in [6, 6.07) is 24.0. The quantitative estimate of drug-likeness (QED) is 0.283. The van der Waals surface area contributed by atoms with Crippen molar-refractivity contribution in [3.63, 3.8) is 0 Å². The largest absolute Gasteiger partial charge is 0.352 e. The third-order valence-electron chi connectivity index (χ3n) is 5.77. The molecule has 0 saturated carbocycles. The first-order valence-corrected chi connectivity index (χ1v) is 13.4. The van der Waals surface area contributed by atoms with Crippen LogP contribution in [0.3, 0.4) is 0 Å². The topological polar surface area (TPSA) is 49.4 Å². The minimum Gasteiger partial charge on any atom is -0.352 e. The standard InChI is InChI=1S/C28H30Cl2N2O2S/c1-3-20(2)31-28(34)26(17-21-11-6-4-7-12-21)32(18-23-24(29)15-10-16-25(23)30)27(33)19-35-22-13-8-5-9-14-22/h4-16,20,26H,3,17-19H2,1-2H3,(H,31,34)/t20-,26+/m1/s1. The maximum Gasteiger partial charge on any atom is 0.243 e. The molecule has 0 spiro atoms. The third kappa shape index (κ3) is 8.03. The van der Waals surface area contributed by atoms with Crippen LogP contribution in [0, 0.1) is 0 Å². The SMILES string of the molecule is CC[C@@H](C)NC(=O)[C@H](Cc1ccccc1)N(Cc1c(Cl)cccc1Cl)C(=O)CSc1ccccc1. The Morgan fingerprint density at radius 3 is 2.11 bits per heavy atom. The van der Waals surface area contributed by atoms with Crippen molar-refractivity contribution in [1.82, 2.24) is 10.2 Å². The number of hydrogen-bond acceptors (Lipinski definition) is 3. The second-order valence-corrected chi connectivity index (χ2v) is 10.2. The van der Waals surface area contributed by atoms with Gasteiger partial charge in [-0.3, -0.25) is 9.59 Å². The molecule has 7 heteroatoms. The fraction of sp³-hybridized carbons (Fsp3) is 0.286. The summed E-state index contributed by atoms with van der Waals surface area (Å²) in [7, 11) is 0. The highest BCUT2D eigenvalue weighted by molar-refractivity contribution is 8.00. The lowest BCUT2D eigenvalue weighted by molar-refractivity contribution is -0.139. The van der Waals surface area contributed by atoms with E-state index in [1.54, 1.807) is 23.1 Å². The van der Waals surface area contributed by atoms with Gasteiger partial charge in [-0.15, -0.1) is 11.8 Å². The van der Waals surface area contributed by atoms with Crippen LogP contribution in [-0.4, -0.2) is 34.6 Å². The summed E-state index contributed by atoms with van der Waals surface area (Å²) < 4.78 is 0. The molecule has 3 aromatic rings. The molecule has 2 amide bonds. The first-order valence-electron chi connectivity index (χ1n) is 11.6. The van der Waals surface area contributed by atoms with Crippen molar-refractivity contribution in [2.45, 2.75) is 50.2 Å². The van der Waals surface area contributed by atoms with Gasteiger partial charge in [-0.2, -0.15) is 0 Å². The molecular weight excluding hydrogens is 499 g/mol. The van der Waals surface area contributed by atoms with Crippen LogP contribution in [-0.2, 0) is 22.6 Å². The van der Waals surface area contributed by atoms with Crippen molar-refractivity contribution < 1.29 is 9.59 Å². The van der Waals surface area contributed by atoms with E-state index in [0.717, 1.165) is 16.9 Å². The Kier molecular flexibility index (Phi) is 10.5. The highest BCUT2D eigenvalue weighted by Crippen LogP contribution is 2.28. The Morgan fingerprint density at radius 1 is 0.914 bits per heavy atom. The molecule has 35 heavy (non-hydrogen) atoms. The van der Waals surface area contributed by atoms with Gasteiger partial charge in [0.15, 0.2) is 0 Å². The monoisotopic (exact) mass is 528 g/mol. The number of thioether (sulfide) groups is 1. The number of amides is 2. The van der Waals surface area contributed by atoms with E-state index in [2.05, 4.69) is 5.32 Å². The normalized spacial score (nSPS) is 12.6. The molecule has 0 bridgehead atoms. The van der Waals surface area contributed by atoms with Crippen molar-refractivity contribution >= 4 is 46.8 Å². The third-order valence-corrected chi connectivity index (χ3v) is 7.47. The van der Waals surface area contributed by atoms with Crippen LogP contribution in [0.2, 0.25) is 10.0 Å². The Hall–Kier alpha value is -2.47. The van der Waals surface area contributed by atoms with Crippen LogP contribution < -0.4 is 5.32 Å². The molecule has 2 atom stereocenters. The average molecular weight is 530 g/mol. The molecule has 0 aliphatic rings. The highest BCUT2D eigenvalue weighted by Gasteiger charge is 2.31. The van der Waals surface area contributed by atoms with E-state index < -0.39 is 6.04 Å². The van der Waals surface area contributed by atoms with E-state index in [0.29, 0.717) is 22.0 Å². The summed E-state index contributed by atoms with van der Waals surface area (Å²) in [5.41, 5.74) is 1.60. The molecule has 4 nitrogen and oxygen atoms in total. The maximum atomic E-state index is 13.7. The number of carbonyl (C=O) groups excluding carboxylic acids is 2. The van der Waals surface area contributed by atoms with Gasteiger partial charge in [0, 0.05) is 39.5 Å². The van der Waals surface area contributed by atoms with E-state index in [-0.39, 0.29) is 30.2 Å². The number of hydrogen-bond donors (Lipinski definition) is 1. The number of nitrogens with one attached hydrogen (secondary N) is 1. The zero-order valence-electron chi connectivity index (χ0n) is 19.9. The number of carbonyl (C=O) groups is 2. The maximum absolute atomic E-state index is 13.7. The molecule has 3 rings (SSSR count). The van der Waals surface area contributed by atoms with Crippen molar-refractivity contribution in [3.8, 4) is 0 Å². The average Bonchev–Trinajstić information content (AvgIpc) is 2.87.